The Labute approximate surface area is 76.8 Å². The maximum Gasteiger partial charge on any atom is 0.134 e. The van der Waals surface area contributed by atoms with Crippen LogP contribution in [0.2, 0.25) is 0 Å². The van der Waals surface area contributed by atoms with Crippen molar-refractivity contribution in [2.45, 2.75) is 19.8 Å². The number of phenolic OH excluding ortho intramolecular Hbond substituents is 1. The molecule has 68 valence electrons. The Morgan fingerprint density at radius 1 is 1.31 bits per heavy atom. The molecule has 0 atom stereocenters. The zero-order valence-corrected chi connectivity index (χ0v) is 7.58. The molecule has 0 aliphatic carbocycles. The number of hydrogen-bond donors (Lipinski definition) is 1. The lowest BCUT2D eigenvalue weighted by atomic mass is 10.0. The fourth-order valence-corrected chi connectivity index (χ4v) is 1.61. The summed E-state index contributed by atoms with van der Waals surface area (Å²) in [7, 11) is 0. The molecular weight excluding hydrogens is 164 g/mol. The zero-order chi connectivity index (χ0) is 9.26. The van der Waals surface area contributed by atoms with Gasteiger partial charge in [-0.2, -0.15) is 0 Å². The van der Waals surface area contributed by atoms with Crippen LogP contribution >= 0.6 is 0 Å². The van der Waals surface area contributed by atoms with E-state index in [-0.39, 0.29) is 0 Å². The molecular formula is C11H12O2. The first kappa shape index (κ1) is 8.17. The van der Waals surface area contributed by atoms with Crippen molar-refractivity contribution in [3.63, 3.8) is 0 Å². The van der Waals surface area contributed by atoms with Crippen molar-refractivity contribution in [3.8, 4) is 5.75 Å². The van der Waals surface area contributed by atoms with Crippen LogP contribution < -0.4 is 0 Å². The quantitative estimate of drug-likeness (QED) is 0.762. The molecule has 1 aromatic carbocycles. The van der Waals surface area contributed by atoms with E-state index in [1.54, 1.807) is 18.4 Å². The van der Waals surface area contributed by atoms with Crippen LogP contribution in [-0.4, -0.2) is 5.11 Å². The smallest absolute Gasteiger partial charge is 0.134 e. The van der Waals surface area contributed by atoms with Gasteiger partial charge in [-0.15, -0.1) is 0 Å². The van der Waals surface area contributed by atoms with Gasteiger partial charge in [0.15, 0.2) is 0 Å². The van der Waals surface area contributed by atoms with Gasteiger partial charge >= 0.3 is 0 Å². The third-order valence-electron chi connectivity index (χ3n) is 2.22. The molecule has 0 saturated heterocycles. The summed E-state index contributed by atoms with van der Waals surface area (Å²) in [5.74, 6) is 0.371. The SMILES string of the molecule is CCCc1c(O)ccc2occc12. The zero-order valence-electron chi connectivity index (χ0n) is 7.58. The van der Waals surface area contributed by atoms with E-state index in [4.69, 9.17) is 4.42 Å². The van der Waals surface area contributed by atoms with Crippen molar-refractivity contribution in [2.75, 3.05) is 0 Å². The summed E-state index contributed by atoms with van der Waals surface area (Å²) in [5.41, 5.74) is 1.84. The van der Waals surface area contributed by atoms with Gasteiger partial charge in [-0.05, 0) is 24.6 Å². The maximum atomic E-state index is 9.62. The van der Waals surface area contributed by atoms with Crippen molar-refractivity contribution in [1.29, 1.82) is 0 Å². The Morgan fingerprint density at radius 2 is 2.15 bits per heavy atom. The van der Waals surface area contributed by atoms with Crippen LogP contribution in [0.5, 0.6) is 5.75 Å². The van der Waals surface area contributed by atoms with E-state index in [1.165, 1.54) is 0 Å². The highest BCUT2D eigenvalue weighted by Gasteiger charge is 2.07. The van der Waals surface area contributed by atoms with Crippen LogP contribution in [-0.2, 0) is 6.42 Å². The third-order valence-corrected chi connectivity index (χ3v) is 2.22. The van der Waals surface area contributed by atoms with Crippen molar-refractivity contribution < 1.29 is 9.52 Å². The normalized spacial score (nSPS) is 10.8. The average molecular weight is 176 g/mol. The molecule has 1 heterocycles. The summed E-state index contributed by atoms with van der Waals surface area (Å²) in [6.45, 7) is 2.10. The first-order valence-electron chi connectivity index (χ1n) is 4.51. The van der Waals surface area contributed by atoms with Crippen LogP contribution in [0, 0.1) is 0 Å². The lowest BCUT2D eigenvalue weighted by molar-refractivity contribution is 0.468. The number of aromatic hydroxyl groups is 1. The average Bonchev–Trinajstić information content (AvgIpc) is 2.58. The number of fused-ring (bicyclic) bond motifs is 1. The van der Waals surface area contributed by atoms with E-state index in [2.05, 4.69) is 6.92 Å². The first-order valence-corrected chi connectivity index (χ1v) is 4.51. The maximum absolute atomic E-state index is 9.62. The first-order chi connectivity index (χ1) is 6.33. The van der Waals surface area contributed by atoms with E-state index in [0.717, 1.165) is 29.4 Å². The van der Waals surface area contributed by atoms with Gasteiger partial charge in [-0.3, -0.25) is 0 Å². The molecule has 1 aromatic heterocycles. The van der Waals surface area contributed by atoms with Crippen LogP contribution in [0.15, 0.2) is 28.9 Å². The molecule has 0 bridgehead atoms. The third kappa shape index (κ3) is 1.28. The highest BCUT2D eigenvalue weighted by Crippen LogP contribution is 2.28. The fourth-order valence-electron chi connectivity index (χ4n) is 1.61. The van der Waals surface area contributed by atoms with Gasteiger partial charge in [0.1, 0.15) is 11.3 Å². The fraction of sp³-hybridized carbons (Fsp3) is 0.273. The van der Waals surface area contributed by atoms with Gasteiger partial charge in [0.2, 0.25) is 0 Å². The van der Waals surface area contributed by atoms with Gasteiger partial charge in [0.25, 0.3) is 0 Å². The second-order valence-electron chi connectivity index (χ2n) is 3.15. The van der Waals surface area contributed by atoms with E-state index >= 15 is 0 Å². The molecule has 13 heavy (non-hydrogen) atoms. The summed E-state index contributed by atoms with van der Waals surface area (Å²) in [4.78, 5) is 0. The van der Waals surface area contributed by atoms with Gasteiger partial charge in [-0.1, -0.05) is 13.3 Å². The Balaban J connectivity index is 2.66. The number of aryl methyl sites for hydroxylation is 1. The van der Waals surface area contributed by atoms with Crippen molar-refractivity contribution >= 4 is 11.0 Å². The van der Waals surface area contributed by atoms with Crippen LogP contribution in [0.4, 0.5) is 0 Å². The molecule has 1 N–H and O–H groups in total. The highest BCUT2D eigenvalue weighted by molar-refractivity contribution is 5.83. The Bertz CT molecular complexity index is 415. The van der Waals surface area contributed by atoms with Crippen LogP contribution in [0.1, 0.15) is 18.9 Å². The minimum atomic E-state index is 0.371. The second kappa shape index (κ2) is 3.13. The summed E-state index contributed by atoms with van der Waals surface area (Å²) in [6, 6.07) is 5.39. The van der Waals surface area contributed by atoms with E-state index < -0.39 is 0 Å². The summed E-state index contributed by atoms with van der Waals surface area (Å²) < 4.78 is 5.25. The van der Waals surface area contributed by atoms with Crippen molar-refractivity contribution in [3.05, 3.63) is 30.0 Å². The van der Waals surface area contributed by atoms with Gasteiger partial charge in [0, 0.05) is 10.9 Å². The van der Waals surface area contributed by atoms with Crippen LogP contribution in [0.3, 0.4) is 0 Å². The molecule has 0 radical (unpaired) electrons. The molecule has 0 aliphatic rings. The van der Waals surface area contributed by atoms with E-state index in [1.807, 2.05) is 6.07 Å². The molecule has 0 unspecified atom stereocenters. The lowest BCUT2D eigenvalue weighted by Gasteiger charge is -2.03. The predicted molar refractivity (Wildman–Crippen MR) is 51.9 cm³/mol. The molecule has 0 aliphatic heterocycles. The van der Waals surface area contributed by atoms with Crippen molar-refractivity contribution in [2.24, 2.45) is 0 Å². The standard InChI is InChI=1S/C11H12O2/c1-2-3-8-9-6-7-13-11(9)5-4-10(8)12/h4-7,12H,2-3H2,1H3. The number of rotatable bonds is 2. The molecule has 2 aromatic rings. The molecule has 2 heteroatoms. The summed E-state index contributed by atoms with van der Waals surface area (Å²) >= 11 is 0. The molecule has 0 saturated carbocycles. The molecule has 0 spiro atoms. The minimum Gasteiger partial charge on any atom is -0.508 e. The number of phenols is 1. The molecule has 2 nitrogen and oxygen atoms in total. The predicted octanol–water partition coefficient (Wildman–Crippen LogP) is 3.09. The number of furan rings is 1. The molecule has 0 amide bonds. The Morgan fingerprint density at radius 3 is 2.92 bits per heavy atom. The highest BCUT2D eigenvalue weighted by atomic mass is 16.3. The topological polar surface area (TPSA) is 33.4 Å². The Hall–Kier alpha value is -1.44. The minimum absolute atomic E-state index is 0.371. The van der Waals surface area contributed by atoms with Gasteiger partial charge in [0.05, 0.1) is 6.26 Å². The number of hydrogen-bond acceptors (Lipinski definition) is 2. The largest absolute Gasteiger partial charge is 0.508 e. The second-order valence-corrected chi connectivity index (χ2v) is 3.15. The van der Waals surface area contributed by atoms with Gasteiger partial charge < -0.3 is 9.52 Å². The summed E-state index contributed by atoms with van der Waals surface area (Å²) in [5, 5.41) is 10.6. The summed E-state index contributed by atoms with van der Waals surface area (Å²) in [6.07, 6.45) is 3.57. The lowest BCUT2D eigenvalue weighted by Crippen LogP contribution is -1.84. The monoisotopic (exact) mass is 176 g/mol. The van der Waals surface area contributed by atoms with E-state index in [0.29, 0.717) is 5.75 Å². The Kier molecular flexibility index (Phi) is 1.97. The van der Waals surface area contributed by atoms with Crippen molar-refractivity contribution in [1.82, 2.24) is 0 Å². The van der Waals surface area contributed by atoms with E-state index in [9.17, 15) is 5.11 Å². The van der Waals surface area contributed by atoms with Gasteiger partial charge in [-0.25, -0.2) is 0 Å². The van der Waals surface area contributed by atoms with Crippen LogP contribution in [0.25, 0.3) is 11.0 Å². The molecule has 0 fully saturated rings. The number of benzene rings is 1. The molecule has 2 rings (SSSR count).